The van der Waals surface area contributed by atoms with Gasteiger partial charge < -0.3 is 9.72 Å². The molecule has 0 aliphatic heterocycles. The zero-order chi connectivity index (χ0) is 16.6. The van der Waals surface area contributed by atoms with E-state index in [9.17, 15) is 13.2 Å². The van der Waals surface area contributed by atoms with Crippen molar-refractivity contribution in [1.29, 1.82) is 0 Å². The summed E-state index contributed by atoms with van der Waals surface area (Å²) in [6, 6.07) is 4.38. The second-order valence-electron chi connectivity index (χ2n) is 4.32. The summed E-state index contributed by atoms with van der Waals surface area (Å²) in [5.41, 5.74) is 0.00991. The monoisotopic (exact) mass is 372 g/mol. The summed E-state index contributed by atoms with van der Waals surface area (Å²) < 4.78 is 33.0. The van der Waals surface area contributed by atoms with Crippen LogP contribution in [0.1, 0.15) is 0 Å². The number of nitrogens with zero attached hydrogens (tertiary/aromatic N) is 2. The Labute approximate surface area is 139 Å². The molecule has 0 radical (unpaired) electrons. The molecule has 0 fully saturated rings. The molecular formula is C12H9ClN4O4S2. The van der Waals surface area contributed by atoms with Gasteiger partial charge >= 0.3 is 0 Å². The van der Waals surface area contributed by atoms with E-state index in [0.29, 0.717) is 14.7 Å². The molecule has 2 aromatic heterocycles. The molecule has 0 atom stereocenters. The molecule has 0 bridgehead atoms. The fraction of sp³-hybridized carbons (Fsp3) is 0.0833. The van der Waals surface area contributed by atoms with Crippen LogP contribution in [-0.4, -0.2) is 30.5 Å². The van der Waals surface area contributed by atoms with Gasteiger partial charge in [-0.25, -0.2) is 18.4 Å². The minimum Gasteiger partial charge on any atom is -0.488 e. The van der Waals surface area contributed by atoms with Crippen LogP contribution in [0.2, 0.25) is 4.47 Å². The van der Waals surface area contributed by atoms with Crippen LogP contribution >= 0.6 is 22.9 Å². The summed E-state index contributed by atoms with van der Waals surface area (Å²) in [7, 11) is -2.71. The lowest BCUT2D eigenvalue weighted by Crippen LogP contribution is -2.19. The van der Waals surface area contributed by atoms with E-state index in [2.05, 4.69) is 19.7 Å². The summed E-state index contributed by atoms with van der Waals surface area (Å²) in [4.78, 5) is 21.7. The molecule has 2 heterocycles. The molecule has 2 N–H and O–H groups in total. The van der Waals surface area contributed by atoms with Crippen LogP contribution in [0, 0.1) is 0 Å². The second-order valence-corrected chi connectivity index (χ2v) is 7.61. The number of hydrogen-bond acceptors (Lipinski definition) is 7. The maximum atomic E-state index is 12.5. The van der Waals surface area contributed by atoms with E-state index in [0.717, 1.165) is 6.33 Å². The van der Waals surface area contributed by atoms with Crippen molar-refractivity contribution in [2.24, 2.45) is 0 Å². The van der Waals surface area contributed by atoms with Gasteiger partial charge in [0.2, 0.25) is 5.75 Å². The highest BCUT2D eigenvalue weighted by molar-refractivity contribution is 7.92. The Morgan fingerprint density at radius 1 is 1.39 bits per heavy atom. The Morgan fingerprint density at radius 3 is 2.91 bits per heavy atom. The van der Waals surface area contributed by atoms with Gasteiger partial charge in [0.1, 0.15) is 0 Å². The van der Waals surface area contributed by atoms with E-state index < -0.39 is 15.6 Å². The molecule has 11 heteroatoms. The molecule has 0 spiro atoms. The average Bonchev–Trinajstić information content (AvgIpc) is 2.86. The van der Waals surface area contributed by atoms with Gasteiger partial charge in [0.15, 0.2) is 10.3 Å². The van der Waals surface area contributed by atoms with Crippen molar-refractivity contribution in [3.8, 4) is 5.75 Å². The zero-order valence-corrected chi connectivity index (χ0v) is 13.9. The van der Waals surface area contributed by atoms with Crippen LogP contribution < -0.4 is 15.0 Å². The molecule has 0 aliphatic rings. The second kappa shape index (κ2) is 5.80. The summed E-state index contributed by atoms with van der Waals surface area (Å²) in [6.07, 6.45) is 1.08. The topological polar surface area (TPSA) is 114 Å². The number of nitrogens with one attached hydrogen (secondary N) is 2. The number of thiazole rings is 1. The number of halogens is 1. The number of benzene rings is 1. The Kier molecular flexibility index (Phi) is 3.96. The molecule has 3 rings (SSSR count). The Morgan fingerprint density at radius 2 is 2.17 bits per heavy atom. The predicted octanol–water partition coefficient (Wildman–Crippen LogP) is 1.84. The number of anilines is 1. The van der Waals surface area contributed by atoms with Gasteiger partial charge in [-0.15, -0.1) is 11.3 Å². The molecule has 3 aromatic rings. The van der Waals surface area contributed by atoms with E-state index in [1.807, 2.05) is 0 Å². The Bertz CT molecular complexity index is 1040. The fourth-order valence-corrected chi connectivity index (χ4v) is 4.06. The molecule has 0 saturated carbocycles. The van der Waals surface area contributed by atoms with Crippen LogP contribution in [0.3, 0.4) is 0 Å². The van der Waals surface area contributed by atoms with Crippen molar-refractivity contribution in [2.45, 2.75) is 4.90 Å². The van der Waals surface area contributed by atoms with Crippen LogP contribution in [0.4, 0.5) is 5.82 Å². The molecule has 8 nitrogen and oxygen atoms in total. The SMILES string of the molecule is COc1c(NS(=O)(=O)c2ccc3nc(Cl)sc3c2)nc[nH]c1=O. The first-order valence-electron chi connectivity index (χ1n) is 6.11. The number of rotatable bonds is 4. The Hall–Kier alpha value is -2.17. The first-order chi connectivity index (χ1) is 10.9. The smallest absolute Gasteiger partial charge is 0.295 e. The fourth-order valence-electron chi connectivity index (χ4n) is 1.88. The van der Waals surface area contributed by atoms with Gasteiger partial charge in [-0.3, -0.25) is 9.52 Å². The quantitative estimate of drug-likeness (QED) is 0.722. The first kappa shape index (κ1) is 15.7. The number of fused-ring (bicyclic) bond motifs is 1. The lowest BCUT2D eigenvalue weighted by molar-refractivity contribution is 0.408. The van der Waals surface area contributed by atoms with Gasteiger partial charge in [0.25, 0.3) is 15.6 Å². The van der Waals surface area contributed by atoms with E-state index in [-0.39, 0.29) is 16.5 Å². The number of hydrogen-bond donors (Lipinski definition) is 2. The molecule has 0 amide bonds. The van der Waals surface area contributed by atoms with Crippen LogP contribution in [0.25, 0.3) is 10.2 Å². The van der Waals surface area contributed by atoms with E-state index in [4.69, 9.17) is 16.3 Å². The normalized spacial score (nSPS) is 11.6. The minimum absolute atomic E-state index is 0.00514. The molecule has 120 valence electrons. The van der Waals surface area contributed by atoms with Crippen molar-refractivity contribution in [2.75, 3.05) is 11.8 Å². The lowest BCUT2D eigenvalue weighted by Gasteiger charge is -2.09. The minimum atomic E-state index is -3.95. The largest absolute Gasteiger partial charge is 0.488 e. The predicted molar refractivity (Wildman–Crippen MR) is 86.8 cm³/mol. The molecule has 0 unspecified atom stereocenters. The number of aromatic amines is 1. The third-order valence-corrected chi connectivity index (χ3v) is 5.35. The van der Waals surface area contributed by atoms with E-state index >= 15 is 0 Å². The number of methoxy groups -OCH3 is 1. The van der Waals surface area contributed by atoms with Crippen molar-refractivity contribution >= 4 is 49.0 Å². The van der Waals surface area contributed by atoms with E-state index in [1.54, 1.807) is 6.07 Å². The number of aromatic nitrogens is 3. The number of sulfonamides is 1. The summed E-state index contributed by atoms with van der Waals surface area (Å²) in [5.74, 6) is -0.420. The van der Waals surface area contributed by atoms with Gasteiger partial charge in [-0.05, 0) is 18.2 Å². The van der Waals surface area contributed by atoms with Crippen LogP contribution in [-0.2, 0) is 10.0 Å². The average molecular weight is 373 g/mol. The van der Waals surface area contributed by atoms with Gasteiger partial charge in [0, 0.05) is 0 Å². The molecule has 0 aliphatic carbocycles. The van der Waals surface area contributed by atoms with Gasteiger partial charge in [-0.2, -0.15) is 0 Å². The third-order valence-electron chi connectivity index (χ3n) is 2.89. The summed E-state index contributed by atoms with van der Waals surface area (Å²) >= 11 is 6.98. The molecule has 0 saturated heterocycles. The van der Waals surface area contributed by atoms with E-state index in [1.165, 1.54) is 30.6 Å². The zero-order valence-electron chi connectivity index (χ0n) is 11.5. The first-order valence-corrected chi connectivity index (χ1v) is 8.79. The standard InChI is InChI=1S/C12H9ClN4O4S2/c1-21-9-10(14-5-15-11(9)18)17-23(19,20)6-2-3-7-8(4-6)22-12(13)16-7/h2-5H,1H3,(H2,14,15,17,18). The van der Waals surface area contributed by atoms with Crippen molar-refractivity contribution in [3.05, 3.63) is 39.3 Å². The van der Waals surface area contributed by atoms with Gasteiger partial charge in [-0.1, -0.05) is 11.6 Å². The summed E-state index contributed by atoms with van der Waals surface area (Å²) in [5, 5.41) is 0. The number of ether oxygens (including phenoxy) is 1. The maximum Gasteiger partial charge on any atom is 0.295 e. The number of H-pyrrole nitrogens is 1. The van der Waals surface area contributed by atoms with Crippen LogP contribution in [0.15, 0.2) is 34.2 Å². The van der Waals surface area contributed by atoms with Crippen molar-refractivity contribution < 1.29 is 13.2 Å². The highest BCUT2D eigenvalue weighted by Crippen LogP contribution is 2.28. The summed E-state index contributed by atoms with van der Waals surface area (Å²) in [6.45, 7) is 0. The van der Waals surface area contributed by atoms with Gasteiger partial charge in [0.05, 0.1) is 28.5 Å². The van der Waals surface area contributed by atoms with Crippen molar-refractivity contribution in [3.63, 3.8) is 0 Å². The Balaban J connectivity index is 2.04. The lowest BCUT2D eigenvalue weighted by atomic mass is 10.3. The third kappa shape index (κ3) is 3.00. The maximum absolute atomic E-state index is 12.5. The molecular weight excluding hydrogens is 364 g/mol. The highest BCUT2D eigenvalue weighted by atomic mass is 35.5. The molecule has 1 aromatic carbocycles. The highest BCUT2D eigenvalue weighted by Gasteiger charge is 2.20. The van der Waals surface area contributed by atoms with Crippen LogP contribution in [0.5, 0.6) is 5.75 Å². The van der Waals surface area contributed by atoms with Crippen molar-refractivity contribution in [1.82, 2.24) is 15.0 Å². The molecule has 23 heavy (non-hydrogen) atoms.